The van der Waals surface area contributed by atoms with E-state index < -0.39 is 0 Å². The Bertz CT molecular complexity index is 817. The van der Waals surface area contributed by atoms with Crippen LogP contribution in [0.4, 0.5) is 0 Å². The van der Waals surface area contributed by atoms with Crippen molar-refractivity contribution in [1.82, 2.24) is 0 Å². The van der Waals surface area contributed by atoms with Crippen molar-refractivity contribution >= 4 is 17.4 Å². The molecule has 0 radical (unpaired) electrons. The molecule has 0 aliphatic rings. The van der Waals surface area contributed by atoms with Gasteiger partial charge in [0, 0.05) is 11.1 Å². The Kier molecular flexibility index (Phi) is 4.34. The lowest BCUT2D eigenvalue weighted by molar-refractivity contribution is 0.105. The highest BCUT2D eigenvalue weighted by atomic mass is 16.3. The number of carbonyl (C=O) groups excluding carboxylic acids is 1. The molecular weight excluding hydrogens is 284 g/mol. The lowest BCUT2D eigenvalue weighted by Crippen LogP contribution is -2.02. The van der Waals surface area contributed by atoms with Gasteiger partial charge in [0.05, 0.1) is 0 Å². The van der Waals surface area contributed by atoms with Gasteiger partial charge in [-0.3, -0.25) is 4.79 Å². The number of phenols is 1. The van der Waals surface area contributed by atoms with Crippen LogP contribution in [0.3, 0.4) is 0 Å². The van der Waals surface area contributed by atoms with Crippen molar-refractivity contribution < 1.29 is 9.90 Å². The van der Waals surface area contributed by atoms with Crippen molar-refractivity contribution in [2.45, 2.75) is 0 Å². The molecule has 23 heavy (non-hydrogen) atoms. The zero-order valence-electron chi connectivity index (χ0n) is 12.5. The van der Waals surface area contributed by atoms with E-state index in [9.17, 15) is 9.90 Å². The molecule has 0 saturated heterocycles. The van der Waals surface area contributed by atoms with Gasteiger partial charge in [-0.25, -0.2) is 0 Å². The third-order valence-corrected chi connectivity index (χ3v) is 3.57. The number of benzene rings is 3. The lowest BCUT2D eigenvalue weighted by Gasteiger charge is -2.08. The predicted octanol–water partition coefficient (Wildman–Crippen LogP) is 4.82. The first kappa shape index (κ1) is 14.8. The quantitative estimate of drug-likeness (QED) is 0.426. The Labute approximate surface area is 135 Å². The van der Waals surface area contributed by atoms with Crippen LogP contribution >= 0.6 is 0 Å². The predicted molar refractivity (Wildman–Crippen MR) is 93.2 cm³/mol. The van der Waals surface area contributed by atoms with E-state index in [1.165, 1.54) is 0 Å². The van der Waals surface area contributed by atoms with E-state index in [2.05, 4.69) is 0 Å². The maximum Gasteiger partial charge on any atom is 0.193 e. The number of carbonyl (C=O) groups is 1. The Hall–Kier alpha value is -3.13. The molecule has 0 saturated carbocycles. The molecule has 0 unspecified atom stereocenters. The first-order valence-corrected chi connectivity index (χ1v) is 7.40. The fourth-order valence-electron chi connectivity index (χ4n) is 2.38. The number of hydrogen-bond donors (Lipinski definition) is 1. The van der Waals surface area contributed by atoms with Crippen molar-refractivity contribution in [2.75, 3.05) is 0 Å². The standard InChI is InChI=1S/C21H16O2/c22-19-13-11-17(12-14-19)20(15-16-7-3-1-4-8-16)21(23)18-9-5-2-6-10-18/h1-15,22H/b20-15+. The third kappa shape index (κ3) is 3.55. The maximum absolute atomic E-state index is 12.9. The number of rotatable bonds is 4. The van der Waals surface area contributed by atoms with Crippen LogP contribution in [0.5, 0.6) is 5.75 Å². The average molecular weight is 300 g/mol. The van der Waals surface area contributed by atoms with Crippen molar-refractivity contribution in [3.63, 3.8) is 0 Å². The van der Waals surface area contributed by atoms with E-state index in [4.69, 9.17) is 0 Å². The van der Waals surface area contributed by atoms with Crippen LogP contribution in [0.2, 0.25) is 0 Å². The summed E-state index contributed by atoms with van der Waals surface area (Å²) in [5.41, 5.74) is 2.98. The van der Waals surface area contributed by atoms with E-state index in [1.54, 1.807) is 24.3 Å². The summed E-state index contributed by atoms with van der Waals surface area (Å²) in [5.74, 6) is 0.139. The summed E-state index contributed by atoms with van der Waals surface area (Å²) in [5, 5.41) is 9.48. The van der Waals surface area contributed by atoms with E-state index in [-0.39, 0.29) is 11.5 Å². The molecule has 112 valence electrons. The maximum atomic E-state index is 12.9. The molecule has 0 fully saturated rings. The molecule has 3 aromatic carbocycles. The topological polar surface area (TPSA) is 37.3 Å². The molecule has 0 aliphatic heterocycles. The highest BCUT2D eigenvalue weighted by Gasteiger charge is 2.14. The van der Waals surface area contributed by atoms with Gasteiger partial charge in [-0.2, -0.15) is 0 Å². The molecule has 0 amide bonds. The molecular formula is C21H16O2. The minimum atomic E-state index is -0.0415. The van der Waals surface area contributed by atoms with Crippen LogP contribution in [0.15, 0.2) is 84.9 Å². The summed E-state index contributed by atoms with van der Waals surface area (Å²) in [6, 6.07) is 25.6. The normalized spacial score (nSPS) is 11.2. The van der Waals surface area contributed by atoms with E-state index >= 15 is 0 Å². The second-order valence-corrected chi connectivity index (χ2v) is 5.21. The largest absolute Gasteiger partial charge is 0.508 e. The SMILES string of the molecule is O=C(/C(=C/c1ccccc1)c1ccc(O)cc1)c1ccccc1. The molecule has 0 heterocycles. The third-order valence-electron chi connectivity index (χ3n) is 3.57. The summed E-state index contributed by atoms with van der Waals surface area (Å²) >= 11 is 0. The van der Waals surface area contributed by atoms with Crippen molar-refractivity contribution in [1.29, 1.82) is 0 Å². The smallest absolute Gasteiger partial charge is 0.193 e. The van der Waals surface area contributed by atoms with E-state index in [0.29, 0.717) is 11.1 Å². The number of phenolic OH excluding ortho intramolecular Hbond substituents is 1. The second-order valence-electron chi connectivity index (χ2n) is 5.21. The highest BCUT2D eigenvalue weighted by Crippen LogP contribution is 2.24. The number of ketones is 1. The number of aromatic hydroxyl groups is 1. The van der Waals surface area contributed by atoms with Crippen molar-refractivity contribution in [3.8, 4) is 5.75 Å². The van der Waals surface area contributed by atoms with Crippen LogP contribution in [-0.2, 0) is 0 Å². The monoisotopic (exact) mass is 300 g/mol. The van der Waals surface area contributed by atoms with Crippen LogP contribution < -0.4 is 0 Å². The van der Waals surface area contributed by atoms with Gasteiger partial charge in [-0.05, 0) is 29.3 Å². The zero-order chi connectivity index (χ0) is 16.1. The first-order chi connectivity index (χ1) is 11.2. The molecule has 0 spiro atoms. The van der Waals surface area contributed by atoms with Gasteiger partial charge < -0.3 is 5.11 Å². The minimum Gasteiger partial charge on any atom is -0.508 e. The number of allylic oxidation sites excluding steroid dienone is 1. The van der Waals surface area contributed by atoms with Gasteiger partial charge in [0.2, 0.25) is 0 Å². The van der Waals surface area contributed by atoms with Crippen LogP contribution in [0.25, 0.3) is 11.6 Å². The minimum absolute atomic E-state index is 0.0415. The van der Waals surface area contributed by atoms with Crippen LogP contribution in [0.1, 0.15) is 21.5 Å². The van der Waals surface area contributed by atoms with Gasteiger partial charge >= 0.3 is 0 Å². The summed E-state index contributed by atoms with van der Waals surface area (Å²) < 4.78 is 0. The molecule has 0 atom stereocenters. The Morgan fingerprint density at radius 2 is 1.26 bits per heavy atom. The molecule has 0 aromatic heterocycles. The summed E-state index contributed by atoms with van der Waals surface area (Å²) in [6.45, 7) is 0. The van der Waals surface area contributed by atoms with Crippen molar-refractivity contribution in [2.24, 2.45) is 0 Å². The van der Waals surface area contributed by atoms with E-state index in [0.717, 1.165) is 11.1 Å². The van der Waals surface area contributed by atoms with Gasteiger partial charge in [-0.15, -0.1) is 0 Å². The lowest BCUT2D eigenvalue weighted by atomic mass is 9.95. The Balaban J connectivity index is 2.08. The van der Waals surface area contributed by atoms with Crippen molar-refractivity contribution in [3.05, 3.63) is 102 Å². The van der Waals surface area contributed by atoms with Gasteiger partial charge in [0.1, 0.15) is 5.75 Å². The Morgan fingerprint density at radius 3 is 1.87 bits per heavy atom. The van der Waals surface area contributed by atoms with Gasteiger partial charge in [0.15, 0.2) is 5.78 Å². The van der Waals surface area contributed by atoms with Gasteiger partial charge in [-0.1, -0.05) is 72.8 Å². The van der Waals surface area contributed by atoms with Crippen LogP contribution in [0, 0.1) is 0 Å². The summed E-state index contributed by atoms with van der Waals surface area (Å²) in [6.07, 6.45) is 1.88. The highest BCUT2D eigenvalue weighted by molar-refractivity contribution is 6.32. The molecule has 0 aliphatic carbocycles. The number of Topliss-reactive ketones (excluding diaryl/α,β-unsaturated/α-hetero) is 1. The van der Waals surface area contributed by atoms with E-state index in [1.807, 2.05) is 66.7 Å². The molecule has 1 N–H and O–H groups in total. The fraction of sp³-hybridized carbons (Fsp3) is 0. The summed E-state index contributed by atoms with van der Waals surface area (Å²) in [4.78, 5) is 12.9. The molecule has 0 bridgehead atoms. The molecule has 2 heteroatoms. The molecule has 2 nitrogen and oxygen atoms in total. The second kappa shape index (κ2) is 6.75. The molecule has 3 rings (SSSR count). The fourth-order valence-corrected chi connectivity index (χ4v) is 2.38. The Morgan fingerprint density at radius 1 is 0.696 bits per heavy atom. The van der Waals surface area contributed by atoms with Gasteiger partial charge in [0.25, 0.3) is 0 Å². The average Bonchev–Trinajstić information content (AvgIpc) is 2.62. The number of hydrogen-bond acceptors (Lipinski definition) is 2. The molecule has 3 aromatic rings. The summed E-state index contributed by atoms with van der Waals surface area (Å²) in [7, 11) is 0. The van der Waals surface area contributed by atoms with Crippen LogP contribution in [-0.4, -0.2) is 10.9 Å². The zero-order valence-corrected chi connectivity index (χ0v) is 12.5. The first-order valence-electron chi connectivity index (χ1n) is 7.40.